The van der Waals surface area contributed by atoms with Crippen LogP contribution < -0.4 is 5.32 Å². The Morgan fingerprint density at radius 1 is 1.44 bits per heavy atom. The molecule has 0 aromatic heterocycles. The number of aryl methyl sites for hydroxylation is 1. The molecule has 2 N–H and O–H groups in total. The van der Waals surface area contributed by atoms with Gasteiger partial charge in [-0.2, -0.15) is 0 Å². The van der Waals surface area contributed by atoms with Gasteiger partial charge in [0.1, 0.15) is 0 Å². The first-order valence-electron chi connectivity index (χ1n) is 5.42. The summed E-state index contributed by atoms with van der Waals surface area (Å²) < 4.78 is 1.09. The van der Waals surface area contributed by atoms with Crippen molar-refractivity contribution < 1.29 is 9.90 Å². The molecule has 4 heteroatoms. The Bertz CT molecular complexity index is 418. The van der Waals surface area contributed by atoms with Crippen molar-refractivity contribution in [2.24, 2.45) is 0 Å². The van der Waals surface area contributed by atoms with Crippen LogP contribution in [0.5, 0.6) is 0 Å². The lowest BCUT2D eigenvalue weighted by Gasteiger charge is -2.19. The summed E-state index contributed by atoms with van der Waals surface area (Å²) in [5.74, 6) is 0.220. The molecule has 0 radical (unpaired) electrons. The van der Waals surface area contributed by atoms with Gasteiger partial charge in [-0.3, -0.25) is 4.79 Å². The Kier molecular flexibility index (Phi) is 3.81. The van der Waals surface area contributed by atoms with Crippen LogP contribution >= 0.6 is 22.6 Å². The molecule has 0 aliphatic carbocycles. The number of ketones is 1. The molecule has 0 fully saturated rings. The number of benzene rings is 1. The standard InChI is InChI=1S/C12H14INO2/c13-10-7-8(2-1-5-15)6-9-11(16)3-4-14-12(9)10/h6-7,14-15H,1-5H2. The quantitative estimate of drug-likeness (QED) is 0.835. The number of hydrogen-bond acceptors (Lipinski definition) is 3. The second-order valence-corrected chi connectivity index (χ2v) is 5.09. The minimum absolute atomic E-state index is 0.194. The van der Waals surface area contributed by atoms with Crippen molar-refractivity contribution in [2.75, 3.05) is 18.5 Å². The Morgan fingerprint density at radius 3 is 3.00 bits per heavy atom. The summed E-state index contributed by atoms with van der Waals surface area (Å²) in [6, 6.07) is 4.04. The molecule has 16 heavy (non-hydrogen) atoms. The fourth-order valence-corrected chi connectivity index (χ4v) is 2.81. The van der Waals surface area contributed by atoms with Gasteiger partial charge in [-0.1, -0.05) is 0 Å². The summed E-state index contributed by atoms with van der Waals surface area (Å²) in [4.78, 5) is 11.8. The third kappa shape index (κ3) is 2.38. The van der Waals surface area contributed by atoms with Crippen molar-refractivity contribution in [3.05, 3.63) is 26.8 Å². The van der Waals surface area contributed by atoms with Gasteiger partial charge in [0.25, 0.3) is 0 Å². The minimum atomic E-state index is 0.194. The number of aliphatic hydroxyl groups is 1. The third-order valence-corrected chi connectivity index (χ3v) is 3.58. The molecule has 0 amide bonds. The van der Waals surface area contributed by atoms with E-state index in [1.807, 2.05) is 6.07 Å². The van der Waals surface area contributed by atoms with Crippen molar-refractivity contribution in [1.82, 2.24) is 0 Å². The van der Waals surface area contributed by atoms with E-state index in [0.717, 1.165) is 39.8 Å². The lowest BCUT2D eigenvalue weighted by Crippen LogP contribution is -2.19. The number of anilines is 1. The largest absolute Gasteiger partial charge is 0.396 e. The van der Waals surface area contributed by atoms with Crippen molar-refractivity contribution in [2.45, 2.75) is 19.3 Å². The first kappa shape index (κ1) is 11.9. The molecule has 2 rings (SSSR count). The van der Waals surface area contributed by atoms with Crippen LogP contribution in [0.4, 0.5) is 5.69 Å². The highest BCUT2D eigenvalue weighted by molar-refractivity contribution is 14.1. The molecule has 1 aliphatic heterocycles. The molecule has 3 nitrogen and oxygen atoms in total. The van der Waals surface area contributed by atoms with E-state index < -0.39 is 0 Å². The van der Waals surface area contributed by atoms with Crippen LogP contribution in [-0.4, -0.2) is 24.0 Å². The van der Waals surface area contributed by atoms with Crippen LogP contribution in [0.3, 0.4) is 0 Å². The highest BCUT2D eigenvalue weighted by atomic mass is 127. The number of rotatable bonds is 3. The molecule has 0 unspecified atom stereocenters. The minimum Gasteiger partial charge on any atom is -0.396 e. The number of nitrogens with one attached hydrogen (secondary N) is 1. The fraction of sp³-hybridized carbons (Fsp3) is 0.417. The van der Waals surface area contributed by atoms with Crippen molar-refractivity contribution in [3.63, 3.8) is 0 Å². The molecule has 0 spiro atoms. The Balaban J connectivity index is 2.35. The Labute approximate surface area is 108 Å². The molecular weight excluding hydrogens is 317 g/mol. The normalized spacial score (nSPS) is 14.5. The van der Waals surface area contributed by atoms with Crippen LogP contribution in [0.2, 0.25) is 0 Å². The summed E-state index contributed by atoms with van der Waals surface area (Å²) in [6.07, 6.45) is 2.15. The number of fused-ring (bicyclic) bond motifs is 1. The van der Waals surface area contributed by atoms with E-state index in [9.17, 15) is 4.79 Å². The highest BCUT2D eigenvalue weighted by Gasteiger charge is 2.19. The lowest BCUT2D eigenvalue weighted by atomic mass is 9.98. The predicted molar refractivity (Wildman–Crippen MR) is 72.0 cm³/mol. The molecule has 0 bridgehead atoms. The van der Waals surface area contributed by atoms with Crippen molar-refractivity contribution >= 4 is 34.1 Å². The van der Waals surface area contributed by atoms with Crippen LogP contribution in [0.25, 0.3) is 0 Å². The van der Waals surface area contributed by atoms with Gasteiger partial charge >= 0.3 is 0 Å². The predicted octanol–water partition coefficient (Wildman–Crippen LogP) is 2.21. The van der Waals surface area contributed by atoms with Gasteiger partial charge in [0, 0.05) is 28.7 Å². The number of carbonyl (C=O) groups is 1. The van der Waals surface area contributed by atoms with E-state index in [0.29, 0.717) is 6.42 Å². The molecule has 1 aromatic rings. The maximum Gasteiger partial charge on any atom is 0.166 e. The topological polar surface area (TPSA) is 49.3 Å². The molecule has 0 atom stereocenters. The molecule has 1 aliphatic rings. The SMILES string of the molecule is O=C1CCNc2c(I)cc(CCCO)cc21. The lowest BCUT2D eigenvalue weighted by molar-refractivity contribution is 0.0983. The summed E-state index contributed by atoms with van der Waals surface area (Å²) in [6.45, 7) is 0.928. The molecule has 1 aromatic carbocycles. The third-order valence-electron chi connectivity index (χ3n) is 2.73. The van der Waals surface area contributed by atoms with Gasteiger partial charge in [0.2, 0.25) is 0 Å². The second-order valence-electron chi connectivity index (χ2n) is 3.93. The molecule has 86 valence electrons. The number of Topliss-reactive ketones (excluding diaryl/α,β-unsaturated/α-hetero) is 1. The van der Waals surface area contributed by atoms with E-state index >= 15 is 0 Å². The summed E-state index contributed by atoms with van der Waals surface area (Å²) in [5.41, 5.74) is 2.92. The van der Waals surface area contributed by atoms with Gasteiger partial charge in [-0.05, 0) is 53.1 Å². The number of aliphatic hydroxyl groups excluding tert-OH is 1. The number of halogens is 1. The van der Waals surface area contributed by atoms with Gasteiger partial charge in [0.05, 0.1) is 5.69 Å². The summed E-state index contributed by atoms with van der Waals surface area (Å²) >= 11 is 2.25. The van der Waals surface area contributed by atoms with Gasteiger partial charge < -0.3 is 10.4 Å². The zero-order valence-corrected chi connectivity index (χ0v) is 11.1. The second kappa shape index (κ2) is 5.14. The van der Waals surface area contributed by atoms with E-state index in [-0.39, 0.29) is 12.4 Å². The molecule has 1 heterocycles. The summed E-state index contributed by atoms with van der Waals surface area (Å²) in [5, 5.41) is 12.1. The first-order chi connectivity index (χ1) is 7.72. The van der Waals surface area contributed by atoms with Gasteiger partial charge in [-0.15, -0.1) is 0 Å². The molecule has 0 saturated heterocycles. The van der Waals surface area contributed by atoms with E-state index in [4.69, 9.17) is 5.11 Å². The number of hydrogen-bond donors (Lipinski definition) is 2. The summed E-state index contributed by atoms with van der Waals surface area (Å²) in [7, 11) is 0. The Hall–Kier alpha value is -0.620. The van der Waals surface area contributed by atoms with E-state index in [1.165, 1.54) is 0 Å². The van der Waals surface area contributed by atoms with Gasteiger partial charge in [-0.25, -0.2) is 0 Å². The van der Waals surface area contributed by atoms with E-state index in [2.05, 4.69) is 34.0 Å². The number of carbonyl (C=O) groups excluding carboxylic acids is 1. The molecular formula is C12H14INO2. The van der Waals surface area contributed by atoms with Crippen LogP contribution in [0.1, 0.15) is 28.8 Å². The highest BCUT2D eigenvalue weighted by Crippen LogP contribution is 2.29. The average Bonchev–Trinajstić information content (AvgIpc) is 2.28. The molecule has 0 saturated carbocycles. The average molecular weight is 331 g/mol. The monoisotopic (exact) mass is 331 g/mol. The Morgan fingerprint density at radius 2 is 2.25 bits per heavy atom. The zero-order valence-electron chi connectivity index (χ0n) is 8.92. The maximum absolute atomic E-state index is 11.8. The van der Waals surface area contributed by atoms with Crippen molar-refractivity contribution in [1.29, 1.82) is 0 Å². The van der Waals surface area contributed by atoms with E-state index in [1.54, 1.807) is 0 Å². The van der Waals surface area contributed by atoms with Crippen LogP contribution in [0, 0.1) is 3.57 Å². The smallest absolute Gasteiger partial charge is 0.166 e. The van der Waals surface area contributed by atoms with Crippen molar-refractivity contribution in [3.8, 4) is 0 Å². The van der Waals surface area contributed by atoms with Crippen LogP contribution in [-0.2, 0) is 6.42 Å². The van der Waals surface area contributed by atoms with Gasteiger partial charge in [0.15, 0.2) is 5.78 Å². The van der Waals surface area contributed by atoms with Crippen LogP contribution in [0.15, 0.2) is 12.1 Å². The first-order valence-corrected chi connectivity index (χ1v) is 6.50. The maximum atomic E-state index is 11.8. The zero-order chi connectivity index (χ0) is 11.5. The fourth-order valence-electron chi connectivity index (χ4n) is 1.93.